The number of benzene rings is 1. The van der Waals surface area contributed by atoms with Crippen LogP contribution in [0.4, 0.5) is 0 Å². The Balaban J connectivity index is 1.68. The summed E-state index contributed by atoms with van der Waals surface area (Å²) in [6.07, 6.45) is 2.81. The van der Waals surface area contributed by atoms with Crippen LogP contribution in [0.2, 0.25) is 0 Å². The van der Waals surface area contributed by atoms with Crippen LogP contribution in [0.3, 0.4) is 0 Å². The van der Waals surface area contributed by atoms with Crippen LogP contribution in [0.15, 0.2) is 41.9 Å². The van der Waals surface area contributed by atoms with E-state index in [4.69, 9.17) is 5.73 Å². The van der Waals surface area contributed by atoms with Crippen molar-refractivity contribution < 1.29 is 0 Å². The van der Waals surface area contributed by atoms with Crippen LogP contribution in [0, 0.1) is 0 Å². The van der Waals surface area contributed by atoms with Crippen molar-refractivity contribution in [2.45, 2.75) is 12.5 Å². The van der Waals surface area contributed by atoms with Crippen molar-refractivity contribution in [3.63, 3.8) is 0 Å². The molecule has 0 aliphatic rings. The minimum Gasteiger partial charge on any atom is -0.323 e. The summed E-state index contributed by atoms with van der Waals surface area (Å²) >= 11 is 1.70. The van der Waals surface area contributed by atoms with Gasteiger partial charge in [-0.3, -0.25) is 0 Å². The molecule has 1 aromatic carbocycles. The lowest BCUT2D eigenvalue weighted by Gasteiger charge is -2.12. The normalized spacial score (nSPS) is 12.5. The third kappa shape index (κ3) is 3.93. The summed E-state index contributed by atoms with van der Waals surface area (Å²) in [4.78, 5) is 4.24. The maximum absolute atomic E-state index is 6.08. The summed E-state index contributed by atoms with van der Waals surface area (Å²) in [5, 5.41) is 6.54. The Morgan fingerprint density at radius 3 is 2.82 bits per heavy atom. The van der Waals surface area contributed by atoms with Gasteiger partial charge in [-0.1, -0.05) is 30.3 Å². The minimum atomic E-state index is 0.0625. The summed E-state index contributed by atoms with van der Waals surface area (Å²) in [6, 6.07) is 10.2. The number of rotatable bonds is 6. The predicted octanol–water partition coefficient (Wildman–Crippen LogP) is 1.98. The van der Waals surface area contributed by atoms with Gasteiger partial charge in [-0.15, -0.1) is 11.3 Å². The first-order chi connectivity index (χ1) is 8.36. The van der Waals surface area contributed by atoms with Gasteiger partial charge in [0.1, 0.15) is 0 Å². The molecule has 0 saturated heterocycles. The molecule has 90 valence electrons. The smallest absolute Gasteiger partial charge is 0.0937 e. The molecule has 0 radical (unpaired) electrons. The zero-order chi connectivity index (χ0) is 11.9. The molecular formula is C13H17N3S. The number of aromatic nitrogens is 1. The van der Waals surface area contributed by atoms with Gasteiger partial charge in [0.2, 0.25) is 0 Å². The molecule has 1 heterocycles. The van der Waals surface area contributed by atoms with Crippen LogP contribution in [0.25, 0.3) is 0 Å². The Hall–Kier alpha value is -1.23. The van der Waals surface area contributed by atoms with Crippen molar-refractivity contribution in [2.24, 2.45) is 5.73 Å². The molecule has 0 aliphatic heterocycles. The lowest BCUT2D eigenvalue weighted by molar-refractivity contribution is 0.598. The molecule has 0 spiro atoms. The molecule has 1 aromatic heterocycles. The number of nitrogens with one attached hydrogen (secondary N) is 1. The molecule has 0 bridgehead atoms. The topological polar surface area (TPSA) is 50.9 Å². The van der Waals surface area contributed by atoms with Crippen molar-refractivity contribution in [1.82, 2.24) is 10.3 Å². The summed E-state index contributed by atoms with van der Waals surface area (Å²) in [7, 11) is 0. The fraction of sp³-hybridized carbons (Fsp3) is 0.308. The molecule has 17 heavy (non-hydrogen) atoms. The van der Waals surface area contributed by atoms with Gasteiger partial charge in [0.15, 0.2) is 0 Å². The van der Waals surface area contributed by atoms with Crippen molar-refractivity contribution in [1.29, 1.82) is 0 Å². The first-order valence-corrected chi connectivity index (χ1v) is 6.64. The maximum Gasteiger partial charge on any atom is 0.0937 e. The zero-order valence-electron chi connectivity index (χ0n) is 9.67. The molecule has 1 atom stereocenters. The lowest BCUT2D eigenvalue weighted by atomic mass is 10.1. The number of hydrogen-bond acceptors (Lipinski definition) is 4. The fourth-order valence-electron chi connectivity index (χ4n) is 1.65. The first-order valence-electron chi connectivity index (χ1n) is 5.76. The molecule has 0 aliphatic carbocycles. The second-order valence-corrected chi connectivity index (χ2v) is 4.88. The van der Waals surface area contributed by atoms with Crippen molar-refractivity contribution in [2.75, 3.05) is 13.1 Å². The van der Waals surface area contributed by atoms with Gasteiger partial charge in [-0.05, 0) is 5.56 Å². The Morgan fingerprint density at radius 1 is 1.29 bits per heavy atom. The minimum absolute atomic E-state index is 0.0625. The van der Waals surface area contributed by atoms with Crippen molar-refractivity contribution >= 4 is 11.3 Å². The Kier molecular flexibility index (Phi) is 4.67. The number of nitrogens with zero attached hydrogens (tertiary/aromatic N) is 1. The van der Waals surface area contributed by atoms with Crippen LogP contribution < -0.4 is 11.1 Å². The van der Waals surface area contributed by atoms with Crippen LogP contribution in [0.1, 0.15) is 16.6 Å². The molecule has 0 saturated carbocycles. The number of hydrogen-bond donors (Lipinski definition) is 2. The van der Waals surface area contributed by atoms with Gasteiger partial charge in [-0.25, -0.2) is 4.98 Å². The van der Waals surface area contributed by atoms with Crippen LogP contribution in [0.5, 0.6) is 0 Å². The molecule has 2 aromatic rings. The summed E-state index contributed by atoms with van der Waals surface area (Å²) < 4.78 is 0. The molecule has 0 amide bonds. The van der Waals surface area contributed by atoms with E-state index in [1.807, 2.05) is 29.8 Å². The fourth-order valence-corrected chi connectivity index (χ4v) is 2.27. The second kappa shape index (κ2) is 6.49. The largest absolute Gasteiger partial charge is 0.323 e. The third-order valence-electron chi connectivity index (χ3n) is 2.59. The number of thiazole rings is 1. The zero-order valence-corrected chi connectivity index (χ0v) is 10.5. The van der Waals surface area contributed by atoms with E-state index >= 15 is 0 Å². The standard InChI is InChI=1S/C13H17N3S/c14-12(11-4-2-1-3-5-11)10-15-7-6-13-16-8-9-17-13/h1-5,8-9,12,15H,6-7,10,14H2. The molecule has 4 heteroatoms. The average molecular weight is 247 g/mol. The van der Waals surface area contributed by atoms with Crippen molar-refractivity contribution in [3.8, 4) is 0 Å². The van der Waals surface area contributed by atoms with E-state index in [2.05, 4.69) is 22.4 Å². The first kappa shape index (κ1) is 12.2. The van der Waals surface area contributed by atoms with Crippen LogP contribution in [-0.4, -0.2) is 18.1 Å². The highest BCUT2D eigenvalue weighted by Gasteiger charge is 2.04. The van der Waals surface area contributed by atoms with Gasteiger partial charge in [-0.2, -0.15) is 0 Å². The van der Waals surface area contributed by atoms with Crippen molar-refractivity contribution in [3.05, 3.63) is 52.5 Å². The van der Waals surface area contributed by atoms with E-state index in [-0.39, 0.29) is 6.04 Å². The Bertz CT molecular complexity index is 413. The monoisotopic (exact) mass is 247 g/mol. The van der Waals surface area contributed by atoms with E-state index in [1.165, 1.54) is 10.6 Å². The Labute approximate surface area is 106 Å². The third-order valence-corrected chi connectivity index (χ3v) is 3.43. The van der Waals surface area contributed by atoms with Crippen LogP contribution >= 0.6 is 11.3 Å². The van der Waals surface area contributed by atoms with E-state index in [0.717, 1.165) is 19.5 Å². The van der Waals surface area contributed by atoms with Gasteiger partial charge in [0.25, 0.3) is 0 Å². The molecular weight excluding hydrogens is 230 g/mol. The van der Waals surface area contributed by atoms with E-state index in [9.17, 15) is 0 Å². The summed E-state index contributed by atoms with van der Waals surface area (Å²) in [5.74, 6) is 0. The van der Waals surface area contributed by atoms with Gasteiger partial charge < -0.3 is 11.1 Å². The molecule has 3 N–H and O–H groups in total. The maximum atomic E-state index is 6.08. The molecule has 0 fully saturated rings. The summed E-state index contributed by atoms with van der Waals surface area (Å²) in [6.45, 7) is 1.73. The van der Waals surface area contributed by atoms with Gasteiger partial charge >= 0.3 is 0 Å². The van der Waals surface area contributed by atoms with Gasteiger partial charge in [0, 0.05) is 37.1 Å². The molecule has 3 nitrogen and oxygen atoms in total. The lowest BCUT2D eigenvalue weighted by Crippen LogP contribution is -2.28. The highest BCUT2D eigenvalue weighted by atomic mass is 32.1. The predicted molar refractivity (Wildman–Crippen MR) is 72.1 cm³/mol. The second-order valence-electron chi connectivity index (χ2n) is 3.90. The van der Waals surface area contributed by atoms with Gasteiger partial charge in [0.05, 0.1) is 5.01 Å². The quantitative estimate of drug-likeness (QED) is 0.767. The van der Waals surface area contributed by atoms with E-state index in [0.29, 0.717) is 0 Å². The number of nitrogens with two attached hydrogens (primary N) is 1. The van der Waals surface area contributed by atoms with E-state index in [1.54, 1.807) is 11.3 Å². The Morgan fingerprint density at radius 2 is 2.12 bits per heavy atom. The molecule has 2 rings (SSSR count). The van der Waals surface area contributed by atoms with E-state index < -0.39 is 0 Å². The average Bonchev–Trinajstić information content (AvgIpc) is 2.88. The highest BCUT2D eigenvalue weighted by Crippen LogP contribution is 2.08. The summed E-state index contributed by atoms with van der Waals surface area (Å²) in [5.41, 5.74) is 7.25. The molecule has 1 unspecified atom stereocenters. The van der Waals surface area contributed by atoms with Crippen LogP contribution in [-0.2, 0) is 6.42 Å². The SMILES string of the molecule is NC(CNCCc1nccs1)c1ccccc1. The highest BCUT2D eigenvalue weighted by molar-refractivity contribution is 7.09.